The number of carboxylic acid groups (broad SMARTS) is 1. The van der Waals surface area contributed by atoms with Crippen LogP contribution in [0.25, 0.3) is 33.5 Å². The van der Waals surface area contributed by atoms with Crippen LogP contribution in [0.1, 0.15) is 171 Å². The van der Waals surface area contributed by atoms with Crippen LogP contribution in [0.2, 0.25) is 5.02 Å². The van der Waals surface area contributed by atoms with E-state index in [2.05, 4.69) is 57.7 Å². The van der Waals surface area contributed by atoms with Gasteiger partial charge in [0.25, 0.3) is 5.91 Å². The van der Waals surface area contributed by atoms with Gasteiger partial charge in [0.1, 0.15) is 71.3 Å². The van der Waals surface area contributed by atoms with Crippen molar-refractivity contribution in [3.8, 4) is 28.3 Å². The Morgan fingerprint density at radius 1 is 0.740 bits per heavy atom. The Morgan fingerprint density at radius 3 is 2.07 bits per heavy atom. The Morgan fingerprint density at radius 2 is 1.43 bits per heavy atom. The number of carbonyl (C=O) groups excluding carboxylic acids is 11. The van der Waals surface area contributed by atoms with Crippen LogP contribution in [0, 0.1) is 42.3 Å². The number of aliphatic hydroxyl groups excluding tert-OH is 4. The number of amides is 12. The number of hydrogen-bond donors (Lipinski definition) is 16. The summed E-state index contributed by atoms with van der Waals surface area (Å²) >= 11 is 6.45. The number of rotatable bonds is 50. The highest BCUT2D eigenvalue weighted by Crippen LogP contribution is 2.45. The molecule has 17 atom stereocenters. The molecule has 17 N–H and O–H groups in total. The van der Waals surface area contributed by atoms with Gasteiger partial charge in [-0.2, -0.15) is 0 Å². The molecule has 6 aromatic rings. The number of H-pyrrole nitrogens is 1. The second-order valence-corrected chi connectivity index (χ2v) is 40.3. The van der Waals surface area contributed by atoms with Gasteiger partial charge >= 0.3 is 12.2 Å². The van der Waals surface area contributed by atoms with Gasteiger partial charge in [0.05, 0.1) is 103 Å². The average Bonchev–Trinajstić information content (AvgIpc) is 1.42. The van der Waals surface area contributed by atoms with Gasteiger partial charge in [0, 0.05) is 110 Å². The number of carbonyl (C=O) groups is 12. The van der Waals surface area contributed by atoms with E-state index in [-0.39, 0.29) is 112 Å². The monoisotopic (exact) mass is 2060 g/mol. The molecule has 4 aromatic carbocycles. The molecular formula is C103H150ClFN18O23. The molecule has 41 nitrogen and oxygen atoms in total. The molecule has 0 unspecified atom stereocenters. The van der Waals surface area contributed by atoms with Crippen molar-refractivity contribution in [2.75, 3.05) is 116 Å². The number of aryl methyl sites for hydroxylation is 1. The highest BCUT2D eigenvalue weighted by atomic mass is 35.5. The maximum absolute atomic E-state index is 15.3. The van der Waals surface area contributed by atoms with E-state index in [1.807, 2.05) is 26.0 Å². The molecule has 146 heavy (non-hydrogen) atoms. The maximum atomic E-state index is 15.3. The van der Waals surface area contributed by atoms with E-state index >= 15 is 9.18 Å². The number of hydrogen-bond acceptors (Lipinski definition) is 27. The summed E-state index contributed by atoms with van der Waals surface area (Å²) in [6.45, 7) is 26.1. The number of benzene rings is 4. The lowest BCUT2D eigenvalue weighted by atomic mass is 9.89. The number of halogens is 2. The number of aromatic nitrogens is 3. The van der Waals surface area contributed by atoms with Crippen molar-refractivity contribution in [1.82, 2.24) is 71.8 Å². The third-order valence-electron chi connectivity index (χ3n) is 26.5. The number of anilines is 3. The predicted octanol–water partition coefficient (Wildman–Crippen LogP) is 7.06. The van der Waals surface area contributed by atoms with Crippen LogP contribution in [-0.2, 0) is 78.1 Å². The number of likely N-dealkylation sites (N-methyl/N-ethyl adjacent to an activating group) is 2. The first-order valence-corrected chi connectivity index (χ1v) is 50.3. The zero-order chi connectivity index (χ0) is 108. The van der Waals surface area contributed by atoms with Crippen LogP contribution in [0.4, 0.5) is 31.2 Å². The fourth-order valence-electron chi connectivity index (χ4n) is 18.4. The summed E-state index contributed by atoms with van der Waals surface area (Å²) in [5, 5.41) is 81.4. The van der Waals surface area contributed by atoms with E-state index in [0.717, 1.165) is 4.90 Å². The molecule has 2 aromatic heterocycles. The zero-order valence-corrected chi connectivity index (χ0v) is 87.7. The van der Waals surface area contributed by atoms with Crippen molar-refractivity contribution in [2.45, 2.75) is 265 Å². The summed E-state index contributed by atoms with van der Waals surface area (Å²) in [5.74, 6) is -9.02. The van der Waals surface area contributed by atoms with Crippen molar-refractivity contribution in [1.29, 1.82) is 0 Å². The van der Waals surface area contributed by atoms with Crippen LogP contribution in [0.3, 0.4) is 0 Å². The lowest BCUT2D eigenvalue weighted by Gasteiger charge is -2.41. The maximum Gasteiger partial charge on any atom is 0.407 e. The molecule has 3 aliphatic rings. The number of piperidine rings is 1. The number of aliphatic hydroxyl groups is 4. The van der Waals surface area contributed by atoms with Gasteiger partial charge < -0.3 is 132 Å². The van der Waals surface area contributed by atoms with Gasteiger partial charge in [0.2, 0.25) is 59.5 Å². The third-order valence-corrected chi connectivity index (χ3v) is 26.8. The highest BCUT2D eigenvalue weighted by Gasteiger charge is 2.50. The molecular weight excluding hydrogens is 1910 g/mol. The van der Waals surface area contributed by atoms with Gasteiger partial charge in [-0.05, 0) is 162 Å². The molecule has 3 aliphatic heterocycles. The molecule has 804 valence electrons. The number of nitrogens with one attached hydrogen (secondary N) is 10. The number of imidazole rings is 1. The van der Waals surface area contributed by atoms with Gasteiger partial charge in [-0.1, -0.05) is 123 Å². The Hall–Kier alpha value is -12.0. The number of nitrogens with two attached hydrogens (primary N) is 1. The fraction of sp³-hybridized carbons (Fsp3) is 0.592. The molecule has 43 heteroatoms. The zero-order valence-electron chi connectivity index (χ0n) is 87.0. The van der Waals surface area contributed by atoms with Crippen LogP contribution in [-0.4, -0.2) is 329 Å². The highest BCUT2D eigenvalue weighted by molar-refractivity contribution is 6.31. The Labute approximate surface area is 857 Å². The molecule has 3 saturated heterocycles. The van der Waals surface area contributed by atoms with Crippen molar-refractivity contribution < 1.29 is 116 Å². The number of pyridine rings is 1. The van der Waals surface area contributed by atoms with Crippen molar-refractivity contribution in [3.05, 3.63) is 119 Å². The predicted molar refractivity (Wildman–Crippen MR) is 546 cm³/mol. The molecule has 9 rings (SSSR count). The molecule has 12 amide bonds. The lowest BCUT2D eigenvalue weighted by Crippen LogP contribution is -2.63. The fourth-order valence-corrected chi connectivity index (χ4v) is 18.6. The summed E-state index contributed by atoms with van der Waals surface area (Å²) in [4.78, 5) is 188. The van der Waals surface area contributed by atoms with E-state index in [1.165, 1.54) is 68.3 Å². The van der Waals surface area contributed by atoms with Gasteiger partial charge in [-0.25, -0.2) is 23.9 Å². The molecule has 0 saturated carbocycles. The summed E-state index contributed by atoms with van der Waals surface area (Å²) in [5.41, 5.74) is 10.1. The minimum atomic E-state index is -2.06. The average molecular weight is 2060 g/mol. The van der Waals surface area contributed by atoms with Crippen LogP contribution in [0.5, 0.6) is 5.75 Å². The Bertz CT molecular complexity index is 5420. The number of nitrogens with zero attached hydrogens (tertiary/aromatic N) is 7. The summed E-state index contributed by atoms with van der Waals surface area (Å²) in [6.07, 6.45) is -10.9. The van der Waals surface area contributed by atoms with Gasteiger partial charge in [-0.3, -0.25) is 52.8 Å². The molecule has 0 bridgehead atoms. The standard InChI is InChI=1S/C103H150ClFN18O23/c1-20-59(9)84(75(141-18)52-79(127)122-41-24-27-73(122)90(142-19)60(10)94(132)111-61(11)86(128)64-25-22-21-23-26-64)120(17)99(137)82(56(4)5)118-97(135)83(57(6)7)123(102(139)140)44-32-63-28-30-71(74(49-63)144-100-89(131)87(129)88(130)91(145-100)98(136)109-38-37-106)116-95(133)62(12)112-96(134)81(55(2)3)117-76(124)35-45-143-46-36-78(126)119(16)54-77(125)107-39-40-108-92-80(93-114-70-31-29-66(104)51-72(70)115-93)85(69(53-110-92)65-47-58(8)48-67(105)50-65)121-42-33-68(34-43-121)113-101(138)146-103(13,14)15/h21-23,25-26,28-31,47-51,53,55-57,59-62,68,73,75,81-84,86-91,100,128-131H,20,24,27,32-46,52,54,106H2,1-19H3,(H,107,125)(H,108,110)(H,109,136)(H,111,132)(H,112,134)(H,113,138)(H,114,115)(H,116,133)(H,117,124)(H,118,135)(H,139,140)/t59-,60+,61+,62-,73-,75+,81-,82-,83-,84-,86+,87-,88-,89+,90+,91-,100+/m0/s1. The second kappa shape index (κ2) is 54.6. The summed E-state index contributed by atoms with van der Waals surface area (Å²) < 4.78 is 50.6. The third kappa shape index (κ3) is 32.0. The normalized spacial score (nSPS) is 18.9. The minimum absolute atomic E-state index is 0.0226. The van der Waals surface area contributed by atoms with E-state index in [4.69, 9.17) is 55.7 Å². The Kier molecular flexibility index (Phi) is 44.0. The van der Waals surface area contributed by atoms with Crippen LogP contribution in [0.15, 0.2) is 91.1 Å². The van der Waals surface area contributed by atoms with Crippen molar-refractivity contribution >= 4 is 111 Å². The van der Waals surface area contributed by atoms with Crippen LogP contribution >= 0.6 is 11.6 Å². The number of aromatic amines is 1. The summed E-state index contributed by atoms with van der Waals surface area (Å²) in [6, 6.07) is 15.7. The smallest absolute Gasteiger partial charge is 0.407 e. The lowest BCUT2D eigenvalue weighted by molar-refractivity contribution is -0.266. The largest absolute Gasteiger partial charge is 0.465 e. The van der Waals surface area contributed by atoms with Crippen molar-refractivity contribution in [3.63, 3.8) is 0 Å². The topological polar surface area (TPSA) is 553 Å². The molecule has 0 spiro atoms. The van der Waals surface area contributed by atoms with E-state index < -0.39 is 192 Å². The van der Waals surface area contributed by atoms with Gasteiger partial charge in [0.15, 0.2) is 6.10 Å². The molecule has 0 aliphatic carbocycles. The first-order chi connectivity index (χ1) is 69.1. The number of methoxy groups -OCH3 is 2. The number of fused-ring (bicyclic) bond motifs is 1. The first kappa shape index (κ1) is 118. The Balaban J connectivity index is 0.798. The molecule has 0 radical (unpaired) electrons. The quantitative estimate of drug-likeness (QED) is 0.0170. The minimum Gasteiger partial charge on any atom is -0.465 e. The van der Waals surface area contributed by atoms with E-state index in [1.54, 1.807) is 144 Å². The van der Waals surface area contributed by atoms with Gasteiger partial charge in [-0.15, -0.1) is 0 Å². The molecule has 5 heterocycles. The summed E-state index contributed by atoms with van der Waals surface area (Å²) in [7, 11) is 5.94. The van der Waals surface area contributed by atoms with E-state index in [9.17, 15) is 78.3 Å². The number of likely N-dealkylation sites (tertiary alicyclic amines) is 1. The van der Waals surface area contributed by atoms with Crippen LogP contribution < -0.4 is 63.2 Å². The first-order valence-electron chi connectivity index (χ1n) is 49.9. The SMILES string of the molecule is CC[C@H](C)[C@@H]([C@@H](CC(=O)N1CCC[C@H]1[C@H](OC)[C@@H](C)C(=O)N[C@H](C)[C@@H](O)c1ccccc1)OC)N(C)C(=O)[C@@H](NC(=O)[C@H](C(C)C)N(CCc1ccc(NC(=O)[C@H](C)NC(=O)[C@@H](NC(=O)CCOCCC(=O)N(C)CC(=O)NCCNc2ncc(-c3cc(C)cc(F)c3)c(N3CCC(NC(=O)OC(C)(C)C)CC3)c2-c2nc3ccc(Cl)cc3[nH]2)C(C)C)c(O[C@@H]2O[C@H](C(=O)NCCN)[C@@H](O)[C@H](O)[C@H]2O)c1)C(=O)O)C(C)C. The van der Waals surface area contributed by atoms with Crippen molar-refractivity contribution in [2.24, 2.45) is 35.3 Å². The second-order valence-electron chi connectivity index (χ2n) is 39.9. The van der Waals surface area contributed by atoms with E-state index in [0.29, 0.717) is 113 Å². The number of alkyl carbamates (subject to hydrolysis) is 1. The molecule has 3 fully saturated rings. The number of ether oxygens (including phenoxy) is 6.